The van der Waals surface area contributed by atoms with Crippen LogP contribution in [0.5, 0.6) is 0 Å². The fraction of sp³-hybridized carbons (Fsp3) is 0.706. The maximum absolute atomic E-state index is 12.7. The van der Waals surface area contributed by atoms with Gasteiger partial charge in [0.25, 0.3) is 5.91 Å². The Morgan fingerprint density at radius 2 is 2.17 bits per heavy atom. The van der Waals surface area contributed by atoms with Crippen molar-refractivity contribution in [1.82, 2.24) is 20.0 Å². The van der Waals surface area contributed by atoms with E-state index < -0.39 is 0 Å². The lowest BCUT2D eigenvalue weighted by Gasteiger charge is -2.28. The third-order valence-electron chi connectivity index (χ3n) is 5.41. The first kappa shape index (κ1) is 17.0. The molecule has 1 saturated heterocycles. The molecule has 0 radical (unpaired) electrons. The van der Waals surface area contributed by atoms with Gasteiger partial charge in [0.15, 0.2) is 0 Å². The monoisotopic (exact) mass is 334 g/mol. The first-order valence-electron chi connectivity index (χ1n) is 8.60. The van der Waals surface area contributed by atoms with E-state index in [-0.39, 0.29) is 23.1 Å². The van der Waals surface area contributed by atoms with Crippen molar-refractivity contribution in [1.29, 1.82) is 0 Å². The van der Waals surface area contributed by atoms with E-state index in [9.17, 15) is 9.59 Å². The summed E-state index contributed by atoms with van der Waals surface area (Å²) in [6, 6.07) is 0. The first-order chi connectivity index (χ1) is 11.6. The van der Waals surface area contributed by atoms with Gasteiger partial charge in [0, 0.05) is 45.4 Å². The SMILES string of the molecule is COCCNC(=O)C1CN(C(=O)c2cnn(C)c2)CC12CCCC2. The second kappa shape index (κ2) is 6.93. The topological polar surface area (TPSA) is 76.5 Å². The van der Waals surface area contributed by atoms with Gasteiger partial charge in [-0.25, -0.2) is 0 Å². The van der Waals surface area contributed by atoms with Gasteiger partial charge in [0.05, 0.1) is 24.3 Å². The standard InChI is InChI=1S/C17H26N4O3/c1-20-10-13(9-19-20)16(23)21-11-14(15(22)18-7-8-24-2)17(12-21)5-3-4-6-17/h9-10,14H,3-8,11-12H2,1-2H3,(H,18,22). The van der Waals surface area contributed by atoms with E-state index >= 15 is 0 Å². The van der Waals surface area contributed by atoms with Crippen molar-refractivity contribution in [2.24, 2.45) is 18.4 Å². The number of nitrogens with zero attached hydrogens (tertiary/aromatic N) is 3. The van der Waals surface area contributed by atoms with E-state index in [1.807, 2.05) is 4.90 Å². The van der Waals surface area contributed by atoms with Crippen molar-refractivity contribution in [2.45, 2.75) is 25.7 Å². The second-order valence-corrected chi connectivity index (χ2v) is 6.99. The van der Waals surface area contributed by atoms with Crippen molar-refractivity contribution in [3.63, 3.8) is 0 Å². The number of likely N-dealkylation sites (tertiary alicyclic amines) is 1. The first-order valence-corrected chi connectivity index (χ1v) is 8.60. The molecule has 1 aromatic heterocycles. The minimum atomic E-state index is -0.127. The smallest absolute Gasteiger partial charge is 0.257 e. The van der Waals surface area contributed by atoms with Crippen LogP contribution in [0.1, 0.15) is 36.0 Å². The van der Waals surface area contributed by atoms with Crippen LogP contribution in [-0.4, -0.2) is 59.8 Å². The molecule has 1 atom stereocenters. The van der Waals surface area contributed by atoms with Gasteiger partial charge < -0.3 is 15.0 Å². The molecule has 3 rings (SSSR count). The van der Waals surface area contributed by atoms with Crippen LogP contribution in [0, 0.1) is 11.3 Å². The largest absolute Gasteiger partial charge is 0.383 e. The van der Waals surface area contributed by atoms with E-state index in [1.165, 1.54) is 0 Å². The maximum Gasteiger partial charge on any atom is 0.257 e. The summed E-state index contributed by atoms with van der Waals surface area (Å²) in [5.41, 5.74) is 0.528. The number of methoxy groups -OCH3 is 1. The molecule has 24 heavy (non-hydrogen) atoms. The van der Waals surface area contributed by atoms with Gasteiger partial charge in [-0.2, -0.15) is 5.10 Å². The average molecular weight is 334 g/mol. The summed E-state index contributed by atoms with van der Waals surface area (Å²) >= 11 is 0. The Bertz CT molecular complexity index is 607. The average Bonchev–Trinajstić information content (AvgIpc) is 3.28. The Labute approximate surface area is 142 Å². The summed E-state index contributed by atoms with van der Waals surface area (Å²) in [5.74, 6) is -0.102. The van der Waals surface area contributed by atoms with Gasteiger partial charge in [0.2, 0.25) is 5.91 Å². The number of amides is 2. The molecule has 132 valence electrons. The van der Waals surface area contributed by atoms with Crippen LogP contribution in [0.25, 0.3) is 0 Å². The summed E-state index contributed by atoms with van der Waals surface area (Å²) < 4.78 is 6.63. The van der Waals surface area contributed by atoms with Crippen LogP contribution >= 0.6 is 0 Å². The molecule has 1 aromatic rings. The van der Waals surface area contributed by atoms with Crippen molar-refractivity contribution in [3.8, 4) is 0 Å². The van der Waals surface area contributed by atoms with Crippen molar-refractivity contribution >= 4 is 11.8 Å². The summed E-state index contributed by atoms with van der Waals surface area (Å²) in [4.78, 5) is 27.3. The lowest BCUT2D eigenvalue weighted by atomic mass is 9.76. The lowest BCUT2D eigenvalue weighted by Crippen LogP contribution is -2.41. The van der Waals surface area contributed by atoms with Gasteiger partial charge in [-0.15, -0.1) is 0 Å². The van der Waals surface area contributed by atoms with Crippen LogP contribution in [0.2, 0.25) is 0 Å². The Balaban J connectivity index is 1.73. The number of aromatic nitrogens is 2. The third-order valence-corrected chi connectivity index (χ3v) is 5.41. The molecule has 2 fully saturated rings. The summed E-state index contributed by atoms with van der Waals surface area (Å²) in [5, 5.41) is 7.04. The molecular formula is C17H26N4O3. The summed E-state index contributed by atoms with van der Waals surface area (Å²) in [6.07, 6.45) is 7.64. The predicted octanol–water partition coefficient (Wildman–Crippen LogP) is 0.815. The Kier molecular flexibility index (Phi) is 4.89. The van der Waals surface area contributed by atoms with Crippen LogP contribution in [0.4, 0.5) is 0 Å². The Morgan fingerprint density at radius 3 is 2.79 bits per heavy atom. The van der Waals surface area contributed by atoms with E-state index in [1.54, 1.807) is 31.2 Å². The highest BCUT2D eigenvalue weighted by molar-refractivity contribution is 5.94. The third kappa shape index (κ3) is 3.17. The van der Waals surface area contributed by atoms with Gasteiger partial charge in [-0.3, -0.25) is 14.3 Å². The second-order valence-electron chi connectivity index (χ2n) is 6.99. The molecule has 0 bridgehead atoms. The molecule has 1 aliphatic carbocycles. The Morgan fingerprint density at radius 1 is 1.42 bits per heavy atom. The predicted molar refractivity (Wildman–Crippen MR) is 88.4 cm³/mol. The number of nitrogens with one attached hydrogen (secondary N) is 1. The van der Waals surface area contributed by atoms with E-state index in [4.69, 9.17) is 4.74 Å². The van der Waals surface area contributed by atoms with E-state index in [0.717, 1.165) is 25.7 Å². The normalized spacial score (nSPS) is 22.2. The van der Waals surface area contributed by atoms with Gasteiger partial charge in [0.1, 0.15) is 0 Å². The van der Waals surface area contributed by atoms with Crippen LogP contribution in [0.3, 0.4) is 0 Å². The van der Waals surface area contributed by atoms with Crippen LogP contribution < -0.4 is 5.32 Å². The molecule has 1 saturated carbocycles. The van der Waals surface area contributed by atoms with Crippen molar-refractivity contribution in [3.05, 3.63) is 18.0 Å². The maximum atomic E-state index is 12.7. The minimum absolute atomic E-state index is 0.0263. The molecule has 2 amide bonds. The van der Waals surface area contributed by atoms with Crippen molar-refractivity contribution < 1.29 is 14.3 Å². The fourth-order valence-corrected chi connectivity index (χ4v) is 4.18. The summed E-state index contributed by atoms with van der Waals surface area (Å²) in [6.45, 7) is 2.18. The number of rotatable bonds is 5. The van der Waals surface area contributed by atoms with Crippen molar-refractivity contribution in [2.75, 3.05) is 33.4 Å². The molecular weight excluding hydrogens is 308 g/mol. The molecule has 2 aliphatic rings. The highest BCUT2D eigenvalue weighted by Gasteiger charge is 2.52. The Hall–Kier alpha value is -1.89. The number of aryl methyl sites for hydroxylation is 1. The molecule has 1 N–H and O–H groups in total. The molecule has 7 nitrogen and oxygen atoms in total. The molecule has 2 heterocycles. The zero-order valence-corrected chi connectivity index (χ0v) is 14.5. The zero-order valence-electron chi connectivity index (χ0n) is 14.5. The molecule has 0 aromatic carbocycles. The zero-order chi connectivity index (χ0) is 17.2. The molecule has 7 heteroatoms. The van der Waals surface area contributed by atoms with Crippen LogP contribution in [-0.2, 0) is 16.6 Å². The number of hydrogen-bond donors (Lipinski definition) is 1. The van der Waals surface area contributed by atoms with Gasteiger partial charge in [-0.1, -0.05) is 12.8 Å². The number of carbonyl (C=O) groups is 2. The highest BCUT2D eigenvalue weighted by atomic mass is 16.5. The van der Waals surface area contributed by atoms with Gasteiger partial charge in [-0.05, 0) is 12.8 Å². The number of hydrogen-bond acceptors (Lipinski definition) is 4. The van der Waals surface area contributed by atoms with E-state index in [2.05, 4.69) is 10.4 Å². The number of ether oxygens (including phenoxy) is 1. The summed E-state index contributed by atoms with van der Waals surface area (Å²) in [7, 11) is 3.42. The molecule has 1 spiro atoms. The molecule has 1 unspecified atom stereocenters. The highest BCUT2D eigenvalue weighted by Crippen LogP contribution is 2.49. The minimum Gasteiger partial charge on any atom is -0.383 e. The van der Waals surface area contributed by atoms with Gasteiger partial charge >= 0.3 is 0 Å². The quantitative estimate of drug-likeness (QED) is 0.809. The lowest BCUT2D eigenvalue weighted by molar-refractivity contribution is -0.127. The van der Waals surface area contributed by atoms with Crippen LogP contribution in [0.15, 0.2) is 12.4 Å². The molecule has 1 aliphatic heterocycles. The fourth-order valence-electron chi connectivity index (χ4n) is 4.18. The number of carbonyl (C=O) groups excluding carboxylic acids is 2. The van der Waals surface area contributed by atoms with E-state index in [0.29, 0.717) is 31.8 Å².